The Bertz CT molecular complexity index is 547. The van der Waals surface area contributed by atoms with Crippen molar-refractivity contribution in [3.05, 3.63) is 22.1 Å². The first kappa shape index (κ1) is 16.4. The molecule has 1 aromatic heterocycles. The Morgan fingerprint density at radius 3 is 2.67 bits per heavy atom. The lowest BCUT2D eigenvalue weighted by molar-refractivity contribution is -0.390. The van der Waals surface area contributed by atoms with E-state index in [0.29, 0.717) is 0 Å². The Balaban J connectivity index is 2.79. The summed E-state index contributed by atoms with van der Waals surface area (Å²) in [6.07, 6.45) is -0.179. The van der Waals surface area contributed by atoms with E-state index in [-0.39, 0.29) is 12.1 Å². The molecule has 1 unspecified atom stereocenters. The van der Waals surface area contributed by atoms with Crippen LogP contribution in [0.25, 0.3) is 0 Å². The molecule has 1 rings (SSSR count). The zero-order valence-electron chi connectivity index (χ0n) is 11.7. The normalized spacial score (nSPS) is 12.5. The molecule has 0 aliphatic carbocycles. The monoisotopic (exact) mass is 300 g/mol. The summed E-state index contributed by atoms with van der Waals surface area (Å²) in [6.45, 7) is 4.88. The number of H-pyrrole nitrogens is 1. The number of nitrogens with zero attached hydrogens (tertiary/aromatic N) is 2. The van der Waals surface area contributed by atoms with Crippen LogP contribution in [0.4, 0.5) is 10.6 Å². The largest absolute Gasteiger partial charge is 0.480 e. The minimum atomic E-state index is -1.39. The fourth-order valence-corrected chi connectivity index (χ4v) is 1.47. The van der Waals surface area contributed by atoms with Gasteiger partial charge in [0.05, 0.1) is 0 Å². The Morgan fingerprint density at radius 2 is 2.19 bits per heavy atom. The van der Waals surface area contributed by atoms with Gasteiger partial charge in [0.25, 0.3) is 0 Å². The fraction of sp³-hybridized carbons (Fsp3) is 0.545. The van der Waals surface area contributed by atoms with Gasteiger partial charge in [0.2, 0.25) is 0 Å². The Hall–Kier alpha value is -2.65. The van der Waals surface area contributed by atoms with Gasteiger partial charge in [-0.1, -0.05) is 0 Å². The van der Waals surface area contributed by atoms with E-state index in [0.717, 1.165) is 6.33 Å². The molecule has 0 radical (unpaired) electrons. The highest BCUT2D eigenvalue weighted by atomic mass is 16.6. The highest BCUT2D eigenvalue weighted by Crippen LogP contribution is 2.15. The molecular formula is C11H16N4O6. The maximum atomic E-state index is 11.6. The predicted octanol–water partition coefficient (Wildman–Crippen LogP) is 0.838. The number of carboxylic acid groups (broad SMARTS) is 1. The molecule has 0 aliphatic rings. The zero-order chi connectivity index (χ0) is 16.2. The molecule has 0 saturated carbocycles. The number of nitrogens with one attached hydrogen (secondary N) is 2. The number of hydrogen-bond donors (Lipinski definition) is 3. The molecule has 0 saturated heterocycles. The summed E-state index contributed by atoms with van der Waals surface area (Å²) in [5.41, 5.74) is -0.852. The predicted molar refractivity (Wildman–Crippen MR) is 69.7 cm³/mol. The zero-order valence-corrected chi connectivity index (χ0v) is 11.7. The summed E-state index contributed by atoms with van der Waals surface area (Å²) in [4.78, 5) is 38.7. The summed E-state index contributed by atoms with van der Waals surface area (Å²) in [6, 6.07) is -1.39. The number of carbonyl (C=O) groups is 2. The first-order valence-electron chi connectivity index (χ1n) is 5.99. The van der Waals surface area contributed by atoms with Gasteiger partial charge in [-0.3, -0.25) is 0 Å². The number of carboxylic acids is 1. The van der Waals surface area contributed by atoms with E-state index in [1.807, 2.05) is 0 Å². The molecule has 1 aromatic rings. The average molecular weight is 300 g/mol. The molecule has 0 spiro atoms. The van der Waals surface area contributed by atoms with Gasteiger partial charge in [-0.2, -0.15) is 0 Å². The highest BCUT2D eigenvalue weighted by Gasteiger charge is 2.28. The number of amides is 1. The fourth-order valence-electron chi connectivity index (χ4n) is 1.47. The van der Waals surface area contributed by atoms with Gasteiger partial charge in [-0.05, 0) is 25.7 Å². The number of carbonyl (C=O) groups excluding carboxylic acids is 1. The van der Waals surface area contributed by atoms with Crippen LogP contribution in [-0.4, -0.2) is 43.7 Å². The van der Waals surface area contributed by atoms with Crippen LogP contribution in [0.1, 0.15) is 26.5 Å². The van der Waals surface area contributed by atoms with E-state index < -0.39 is 34.4 Å². The minimum absolute atomic E-state index is 0.0662. The number of alkyl carbamates (subject to hydrolysis) is 1. The van der Waals surface area contributed by atoms with Gasteiger partial charge in [0.15, 0.2) is 6.33 Å². The maximum Gasteiger partial charge on any atom is 0.408 e. The summed E-state index contributed by atoms with van der Waals surface area (Å²) in [5, 5.41) is 21.9. The van der Waals surface area contributed by atoms with Crippen molar-refractivity contribution in [2.24, 2.45) is 0 Å². The van der Waals surface area contributed by atoms with Crippen LogP contribution in [0, 0.1) is 10.1 Å². The molecule has 0 fully saturated rings. The highest BCUT2D eigenvalue weighted by molar-refractivity contribution is 5.80. The summed E-state index contributed by atoms with van der Waals surface area (Å²) >= 11 is 0. The van der Waals surface area contributed by atoms with E-state index in [1.165, 1.54) is 0 Å². The molecule has 0 bridgehead atoms. The Labute approximate surface area is 119 Å². The van der Waals surface area contributed by atoms with Crippen LogP contribution >= 0.6 is 0 Å². The van der Waals surface area contributed by atoms with Crippen LogP contribution in [0.3, 0.4) is 0 Å². The van der Waals surface area contributed by atoms with Crippen molar-refractivity contribution in [2.75, 3.05) is 0 Å². The number of ether oxygens (including phenoxy) is 1. The molecule has 3 N–H and O–H groups in total. The topological polar surface area (TPSA) is 147 Å². The van der Waals surface area contributed by atoms with E-state index in [2.05, 4.69) is 15.3 Å². The molecule has 0 aliphatic heterocycles. The third-order valence-electron chi connectivity index (χ3n) is 2.26. The van der Waals surface area contributed by atoms with Crippen LogP contribution in [0.2, 0.25) is 0 Å². The van der Waals surface area contributed by atoms with Gasteiger partial charge in [0, 0.05) is 6.42 Å². The SMILES string of the molecule is CC(C)(C)OC(=O)NC(Cc1nc[nH]c1[N+](=O)[O-])C(=O)O. The lowest BCUT2D eigenvalue weighted by Crippen LogP contribution is -2.44. The number of nitro groups is 1. The van der Waals surface area contributed by atoms with Crippen molar-refractivity contribution in [1.29, 1.82) is 0 Å². The van der Waals surface area contributed by atoms with E-state index in [4.69, 9.17) is 9.84 Å². The first-order valence-corrected chi connectivity index (χ1v) is 5.99. The van der Waals surface area contributed by atoms with Gasteiger partial charge in [0.1, 0.15) is 17.3 Å². The smallest absolute Gasteiger partial charge is 0.408 e. The van der Waals surface area contributed by atoms with Gasteiger partial charge < -0.3 is 25.3 Å². The third kappa shape index (κ3) is 5.09. The summed E-state index contributed by atoms with van der Waals surface area (Å²) < 4.78 is 4.94. The number of aromatic nitrogens is 2. The summed E-state index contributed by atoms with van der Waals surface area (Å²) in [5.74, 6) is -1.76. The van der Waals surface area contributed by atoms with Gasteiger partial charge >= 0.3 is 17.9 Å². The van der Waals surface area contributed by atoms with E-state index in [9.17, 15) is 19.7 Å². The molecular weight excluding hydrogens is 284 g/mol. The lowest BCUT2D eigenvalue weighted by atomic mass is 10.1. The molecule has 0 aromatic carbocycles. The van der Waals surface area contributed by atoms with Gasteiger partial charge in [-0.15, -0.1) is 0 Å². The van der Waals surface area contributed by atoms with E-state index in [1.54, 1.807) is 20.8 Å². The maximum absolute atomic E-state index is 11.6. The van der Waals surface area contributed by atoms with Crippen molar-refractivity contribution >= 4 is 17.9 Å². The second-order valence-electron chi connectivity index (χ2n) is 5.20. The van der Waals surface area contributed by atoms with Crippen LogP contribution in [0.15, 0.2) is 6.33 Å². The molecule has 1 amide bonds. The number of aliphatic carboxylic acids is 1. The average Bonchev–Trinajstić information content (AvgIpc) is 2.73. The molecule has 1 atom stereocenters. The van der Waals surface area contributed by atoms with Crippen molar-refractivity contribution in [2.45, 2.75) is 38.8 Å². The molecule has 10 nitrogen and oxygen atoms in total. The number of imidazole rings is 1. The molecule has 1 heterocycles. The second-order valence-corrected chi connectivity index (χ2v) is 5.20. The molecule has 116 valence electrons. The minimum Gasteiger partial charge on any atom is -0.480 e. The van der Waals surface area contributed by atoms with Crippen molar-refractivity contribution in [1.82, 2.24) is 15.3 Å². The van der Waals surface area contributed by atoms with Crippen LogP contribution < -0.4 is 5.32 Å². The standard InChI is InChI=1S/C11H16N4O6/c1-11(2,3)21-10(18)14-7(9(16)17)4-6-8(15(19)20)13-5-12-6/h5,7H,4H2,1-3H3,(H,12,13)(H,14,18)(H,16,17). The Kier molecular flexibility index (Phi) is 4.84. The van der Waals surface area contributed by atoms with Crippen molar-refractivity contribution in [3.8, 4) is 0 Å². The van der Waals surface area contributed by atoms with Crippen molar-refractivity contribution in [3.63, 3.8) is 0 Å². The van der Waals surface area contributed by atoms with Gasteiger partial charge in [-0.25, -0.2) is 19.6 Å². The van der Waals surface area contributed by atoms with E-state index >= 15 is 0 Å². The molecule has 10 heteroatoms. The Morgan fingerprint density at radius 1 is 1.57 bits per heavy atom. The van der Waals surface area contributed by atoms with Crippen molar-refractivity contribution < 1.29 is 24.4 Å². The summed E-state index contributed by atoms with van der Waals surface area (Å²) in [7, 11) is 0. The van der Waals surface area contributed by atoms with Crippen LogP contribution in [-0.2, 0) is 16.0 Å². The number of hydrogen-bond acceptors (Lipinski definition) is 6. The quantitative estimate of drug-likeness (QED) is 0.539. The van der Waals surface area contributed by atoms with Crippen LogP contribution in [0.5, 0.6) is 0 Å². The molecule has 21 heavy (non-hydrogen) atoms. The number of aromatic amines is 1. The first-order chi connectivity index (χ1) is 9.60. The number of rotatable bonds is 5. The second kappa shape index (κ2) is 6.20. The lowest BCUT2D eigenvalue weighted by Gasteiger charge is -2.21. The third-order valence-corrected chi connectivity index (χ3v) is 2.26.